The third-order valence-electron chi connectivity index (χ3n) is 3.62. The lowest BCUT2D eigenvalue weighted by atomic mass is 10.0. The number of carbonyl (C=O) groups excluding carboxylic acids is 3. The number of hydrogen-bond acceptors (Lipinski definition) is 6. The summed E-state index contributed by atoms with van der Waals surface area (Å²) in [6, 6.07) is 7.46. The van der Waals surface area contributed by atoms with Gasteiger partial charge in [-0.3, -0.25) is 35.3 Å². The molecule has 3 N–H and O–H groups in total. The van der Waals surface area contributed by atoms with Gasteiger partial charge in [0.25, 0.3) is 23.4 Å². The number of carbonyl (C=O) groups is 3. The standard InChI is InChI=1S/C17H18N4O5S/c1-10(2)14(18-16(23)13-4-3-9-27-13)17(24)20-19-15(22)11-5-7-12(8-6-11)21(25)26/h3-10,14H,1-2H3,(H,18,23)(H,19,22)(H,20,24)/t14-/m1/s1. The Balaban J connectivity index is 1.95. The molecule has 1 aromatic heterocycles. The number of thiophene rings is 1. The van der Waals surface area contributed by atoms with E-state index in [1.54, 1.807) is 31.4 Å². The summed E-state index contributed by atoms with van der Waals surface area (Å²) >= 11 is 1.25. The van der Waals surface area contributed by atoms with Gasteiger partial charge in [-0.2, -0.15) is 0 Å². The molecule has 1 atom stereocenters. The summed E-state index contributed by atoms with van der Waals surface area (Å²) in [4.78, 5) is 47.1. The first-order valence-corrected chi connectivity index (χ1v) is 8.86. The van der Waals surface area contributed by atoms with E-state index in [9.17, 15) is 24.5 Å². The molecule has 0 fully saturated rings. The van der Waals surface area contributed by atoms with Crippen molar-refractivity contribution >= 4 is 34.7 Å². The van der Waals surface area contributed by atoms with Crippen molar-refractivity contribution in [1.29, 1.82) is 0 Å². The molecule has 0 saturated heterocycles. The maximum Gasteiger partial charge on any atom is 0.269 e. The number of nitrogens with one attached hydrogen (secondary N) is 3. The van der Waals surface area contributed by atoms with Gasteiger partial charge in [0.2, 0.25) is 0 Å². The second-order valence-electron chi connectivity index (χ2n) is 5.92. The minimum atomic E-state index is -0.850. The van der Waals surface area contributed by atoms with Crippen molar-refractivity contribution in [3.05, 3.63) is 62.3 Å². The summed E-state index contributed by atoms with van der Waals surface area (Å²) < 4.78 is 0. The Morgan fingerprint density at radius 2 is 1.70 bits per heavy atom. The summed E-state index contributed by atoms with van der Waals surface area (Å²) in [6.07, 6.45) is 0. The molecule has 1 heterocycles. The third kappa shape index (κ3) is 5.35. The van der Waals surface area contributed by atoms with Crippen LogP contribution in [0.15, 0.2) is 41.8 Å². The van der Waals surface area contributed by atoms with Crippen LogP contribution in [0.2, 0.25) is 0 Å². The van der Waals surface area contributed by atoms with E-state index < -0.39 is 22.8 Å². The molecule has 0 saturated carbocycles. The second-order valence-corrected chi connectivity index (χ2v) is 6.87. The third-order valence-corrected chi connectivity index (χ3v) is 4.49. The maximum atomic E-state index is 12.3. The van der Waals surface area contributed by atoms with E-state index in [-0.39, 0.29) is 23.1 Å². The molecule has 0 radical (unpaired) electrons. The molecule has 0 bridgehead atoms. The summed E-state index contributed by atoms with van der Waals surface area (Å²) in [7, 11) is 0. The zero-order valence-corrected chi connectivity index (χ0v) is 15.4. The van der Waals surface area contributed by atoms with Crippen LogP contribution >= 0.6 is 11.3 Å². The number of nitrogens with zero attached hydrogens (tertiary/aromatic N) is 1. The van der Waals surface area contributed by atoms with Crippen LogP contribution in [0.5, 0.6) is 0 Å². The minimum absolute atomic E-state index is 0.143. The van der Waals surface area contributed by atoms with E-state index in [1.807, 2.05) is 0 Å². The predicted octanol–water partition coefficient (Wildman–Crippen LogP) is 1.87. The molecule has 10 heteroatoms. The molecule has 27 heavy (non-hydrogen) atoms. The molecule has 2 rings (SSSR count). The van der Waals surface area contributed by atoms with Gasteiger partial charge in [-0.25, -0.2) is 0 Å². The van der Waals surface area contributed by atoms with Crippen LogP contribution in [0.1, 0.15) is 33.9 Å². The molecule has 0 aliphatic heterocycles. The Kier molecular flexibility index (Phi) is 6.61. The number of nitro benzene ring substituents is 1. The topological polar surface area (TPSA) is 130 Å². The molecule has 3 amide bonds. The number of benzene rings is 1. The molecule has 2 aromatic rings. The van der Waals surface area contributed by atoms with Crippen molar-refractivity contribution < 1.29 is 19.3 Å². The smallest absolute Gasteiger partial charge is 0.269 e. The van der Waals surface area contributed by atoms with Crippen LogP contribution in [-0.2, 0) is 4.79 Å². The van der Waals surface area contributed by atoms with Crippen molar-refractivity contribution in [1.82, 2.24) is 16.2 Å². The first kappa shape index (κ1) is 20.0. The molecular formula is C17H18N4O5S. The number of hydrazine groups is 1. The Morgan fingerprint density at radius 3 is 2.22 bits per heavy atom. The summed E-state index contributed by atoms with van der Waals surface area (Å²) in [6.45, 7) is 3.52. The van der Waals surface area contributed by atoms with Crippen LogP contribution in [-0.4, -0.2) is 28.7 Å². The molecule has 0 aliphatic carbocycles. The van der Waals surface area contributed by atoms with Crippen LogP contribution < -0.4 is 16.2 Å². The fraction of sp³-hybridized carbons (Fsp3) is 0.235. The number of non-ortho nitro benzene ring substituents is 1. The van der Waals surface area contributed by atoms with Gasteiger partial charge in [-0.15, -0.1) is 11.3 Å². The monoisotopic (exact) mass is 390 g/mol. The van der Waals surface area contributed by atoms with E-state index in [2.05, 4.69) is 16.2 Å². The van der Waals surface area contributed by atoms with Crippen molar-refractivity contribution in [2.24, 2.45) is 5.92 Å². The van der Waals surface area contributed by atoms with Gasteiger partial charge in [0.15, 0.2) is 0 Å². The molecular weight excluding hydrogens is 372 g/mol. The predicted molar refractivity (Wildman–Crippen MR) is 99.1 cm³/mol. The lowest BCUT2D eigenvalue weighted by Gasteiger charge is -2.21. The van der Waals surface area contributed by atoms with Gasteiger partial charge >= 0.3 is 0 Å². The van der Waals surface area contributed by atoms with Gasteiger partial charge in [0.05, 0.1) is 9.80 Å². The largest absolute Gasteiger partial charge is 0.339 e. The first-order valence-electron chi connectivity index (χ1n) is 7.98. The van der Waals surface area contributed by atoms with Crippen LogP contribution in [0.3, 0.4) is 0 Å². The summed E-state index contributed by atoms with van der Waals surface area (Å²) in [5, 5.41) is 15.0. The van der Waals surface area contributed by atoms with E-state index in [0.29, 0.717) is 4.88 Å². The van der Waals surface area contributed by atoms with E-state index in [1.165, 1.54) is 35.6 Å². The number of amides is 3. The van der Waals surface area contributed by atoms with Gasteiger partial charge in [0.1, 0.15) is 6.04 Å². The molecule has 9 nitrogen and oxygen atoms in total. The van der Waals surface area contributed by atoms with Crippen molar-refractivity contribution in [2.45, 2.75) is 19.9 Å². The summed E-state index contributed by atoms with van der Waals surface area (Å²) in [5.74, 6) is -1.80. The highest BCUT2D eigenvalue weighted by molar-refractivity contribution is 7.12. The number of rotatable bonds is 6. The summed E-state index contributed by atoms with van der Waals surface area (Å²) in [5.41, 5.74) is 4.50. The van der Waals surface area contributed by atoms with Crippen LogP contribution in [0.25, 0.3) is 0 Å². The van der Waals surface area contributed by atoms with Crippen LogP contribution in [0, 0.1) is 16.0 Å². The zero-order valence-electron chi connectivity index (χ0n) is 14.6. The van der Waals surface area contributed by atoms with Gasteiger partial charge in [-0.05, 0) is 29.5 Å². The molecule has 0 spiro atoms. The highest BCUT2D eigenvalue weighted by atomic mass is 32.1. The quantitative estimate of drug-likeness (QED) is 0.512. The van der Waals surface area contributed by atoms with Gasteiger partial charge in [-0.1, -0.05) is 19.9 Å². The van der Waals surface area contributed by atoms with Gasteiger partial charge in [0, 0.05) is 17.7 Å². The van der Waals surface area contributed by atoms with E-state index in [0.717, 1.165) is 0 Å². The van der Waals surface area contributed by atoms with Crippen molar-refractivity contribution in [3.63, 3.8) is 0 Å². The molecule has 0 unspecified atom stereocenters. The number of hydrogen-bond donors (Lipinski definition) is 3. The number of nitro groups is 1. The lowest BCUT2D eigenvalue weighted by Crippen LogP contribution is -2.54. The first-order chi connectivity index (χ1) is 12.8. The molecule has 142 valence electrons. The van der Waals surface area contributed by atoms with E-state index >= 15 is 0 Å². The Morgan fingerprint density at radius 1 is 1.04 bits per heavy atom. The van der Waals surface area contributed by atoms with Crippen molar-refractivity contribution in [3.8, 4) is 0 Å². The maximum absolute atomic E-state index is 12.3. The molecule has 0 aliphatic rings. The van der Waals surface area contributed by atoms with Gasteiger partial charge < -0.3 is 5.32 Å². The fourth-order valence-electron chi connectivity index (χ4n) is 2.16. The Bertz CT molecular complexity index is 834. The lowest BCUT2D eigenvalue weighted by molar-refractivity contribution is -0.384. The minimum Gasteiger partial charge on any atom is -0.339 e. The second kappa shape index (κ2) is 8.90. The molecule has 1 aromatic carbocycles. The Labute approximate surface area is 158 Å². The fourth-order valence-corrected chi connectivity index (χ4v) is 2.78. The normalized spacial score (nSPS) is 11.5. The highest BCUT2D eigenvalue weighted by Gasteiger charge is 2.25. The zero-order chi connectivity index (χ0) is 20.0. The van der Waals surface area contributed by atoms with Crippen molar-refractivity contribution in [2.75, 3.05) is 0 Å². The average molecular weight is 390 g/mol. The Hall–Kier alpha value is -3.27. The highest BCUT2D eigenvalue weighted by Crippen LogP contribution is 2.12. The average Bonchev–Trinajstić information content (AvgIpc) is 3.18. The SMILES string of the molecule is CC(C)[C@@H](NC(=O)c1cccs1)C(=O)NNC(=O)c1ccc([N+](=O)[O-])cc1. The van der Waals surface area contributed by atoms with E-state index in [4.69, 9.17) is 0 Å². The van der Waals surface area contributed by atoms with Crippen LogP contribution in [0.4, 0.5) is 5.69 Å².